The molecule has 0 unspecified atom stereocenters. The van der Waals surface area contributed by atoms with Crippen LogP contribution in [0.25, 0.3) is 0 Å². The fourth-order valence-corrected chi connectivity index (χ4v) is 2.48. The van der Waals surface area contributed by atoms with E-state index < -0.39 is 48.7 Å². The molecule has 0 radical (unpaired) electrons. The lowest BCUT2D eigenvalue weighted by molar-refractivity contribution is -0.0659. The molecule has 30 heavy (non-hydrogen) atoms. The van der Waals surface area contributed by atoms with Gasteiger partial charge in [0.1, 0.15) is 23.1 Å². The second-order valence-electron chi connectivity index (χ2n) is 5.91. The molecule has 0 saturated heterocycles. The molecule has 0 fully saturated rings. The van der Waals surface area contributed by atoms with E-state index in [0.29, 0.717) is 0 Å². The Morgan fingerprint density at radius 1 is 1.43 bits per heavy atom. The Hall–Kier alpha value is -3.15. The molecule has 0 aliphatic carbocycles. The summed E-state index contributed by atoms with van der Waals surface area (Å²) < 4.78 is 63.6. The van der Waals surface area contributed by atoms with Crippen LogP contribution in [0.2, 0.25) is 5.02 Å². The van der Waals surface area contributed by atoms with Crippen LogP contribution in [0.4, 0.5) is 23.4 Å². The Morgan fingerprint density at radius 2 is 2.13 bits per heavy atom. The van der Waals surface area contributed by atoms with Crippen LogP contribution >= 0.6 is 11.6 Å². The van der Waals surface area contributed by atoms with Crippen molar-refractivity contribution in [3.05, 3.63) is 46.6 Å². The highest BCUT2D eigenvalue weighted by Crippen LogP contribution is 2.34. The Bertz CT molecular complexity index is 948. The topological polar surface area (TPSA) is 123 Å². The fourth-order valence-electron chi connectivity index (χ4n) is 2.24. The fraction of sp³-hybridized carbons (Fsp3) is 0.294. The van der Waals surface area contributed by atoms with Crippen LogP contribution in [-0.2, 0) is 4.74 Å². The minimum absolute atomic E-state index is 0.00919. The molecule has 0 aliphatic rings. The molecule has 0 spiro atoms. The average Bonchev–Trinajstić information content (AvgIpc) is 2.67. The van der Waals surface area contributed by atoms with Crippen LogP contribution in [0, 0.1) is 11.2 Å². The molecule has 0 saturated carbocycles. The van der Waals surface area contributed by atoms with Gasteiger partial charge in [-0.1, -0.05) is 18.5 Å². The third kappa shape index (κ3) is 5.69. The highest BCUT2D eigenvalue weighted by Gasteiger charge is 2.41. The van der Waals surface area contributed by atoms with Gasteiger partial charge in [-0.2, -0.15) is 0 Å². The highest BCUT2D eigenvalue weighted by molar-refractivity contribution is 6.34. The molecule has 0 bridgehead atoms. The molecule has 2 aromatic rings. The van der Waals surface area contributed by atoms with E-state index in [9.17, 15) is 22.4 Å². The van der Waals surface area contributed by atoms with Crippen LogP contribution in [0.1, 0.15) is 29.0 Å². The molecule has 1 atom stereocenters. The van der Waals surface area contributed by atoms with Crippen molar-refractivity contribution < 1.29 is 31.8 Å². The van der Waals surface area contributed by atoms with Crippen LogP contribution in [0.5, 0.6) is 5.75 Å². The summed E-state index contributed by atoms with van der Waals surface area (Å²) in [5.74, 6) is -7.53. The largest absolute Gasteiger partial charge is 0.461 e. The van der Waals surface area contributed by atoms with E-state index in [2.05, 4.69) is 24.8 Å². The zero-order valence-electron chi connectivity index (χ0n) is 15.4. The number of amides is 1. The molecular weight excluding hydrogens is 434 g/mol. The van der Waals surface area contributed by atoms with Gasteiger partial charge < -0.3 is 20.5 Å². The van der Waals surface area contributed by atoms with Crippen LogP contribution in [0.15, 0.2) is 24.4 Å². The van der Waals surface area contributed by atoms with Gasteiger partial charge in [0, 0.05) is 6.07 Å². The molecule has 2 heterocycles. The number of alkyl halides is 3. The van der Waals surface area contributed by atoms with Crippen LogP contribution < -0.4 is 15.8 Å². The van der Waals surface area contributed by atoms with Crippen molar-refractivity contribution in [2.24, 2.45) is 5.73 Å². The maximum Gasteiger partial charge on any atom is 0.289 e. The van der Waals surface area contributed by atoms with Gasteiger partial charge in [0.15, 0.2) is 6.61 Å². The predicted octanol–water partition coefficient (Wildman–Crippen LogP) is 3.48. The van der Waals surface area contributed by atoms with Crippen molar-refractivity contribution in [2.75, 3.05) is 18.8 Å². The van der Waals surface area contributed by atoms with Crippen molar-refractivity contribution in [3.8, 4) is 5.75 Å². The van der Waals surface area contributed by atoms with Gasteiger partial charge in [-0.25, -0.2) is 27.5 Å². The third-order valence-electron chi connectivity index (χ3n) is 3.83. The number of amidine groups is 1. The van der Waals surface area contributed by atoms with Crippen molar-refractivity contribution in [3.63, 3.8) is 0 Å². The summed E-state index contributed by atoms with van der Waals surface area (Å²) in [7, 11) is 0. The molecule has 4 N–H and O–H groups in total. The molecule has 2 aromatic heterocycles. The second kappa shape index (κ2) is 9.57. The maximum absolute atomic E-state index is 14.2. The van der Waals surface area contributed by atoms with Crippen molar-refractivity contribution >= 4 is 29.3 Å². The molecule has 13 heteroatoms. The molecule has 2 rings (SSSR count). The van der Waals surface area contributed by atoms with E-state index >= 15 is 0 Å². The minimum Gasteiger partial charge on any atom is -0.461 e. The number of nitrogens with two attached hydrogens (primary N) is 1. The summed E-state index contributed by atoms with van der Waals surface area (Å²) in [4.78, 5) is 19.8. The maximum atomic E-state index is 14.2. The monoisotopic (exact) mass is 449 g/mol. The van der Waals surface area contributed by atoms with Gasteiger partial charge >= 0.3 is 0 Å². The Kier molecular flexibility index (Phi) is 7.38. The van der Waals surface area contributed by atoms with E-state index in [4.69, 9.17) is 22.7 Å². The Labute approximate surface area is 172 Å². The van der Waals surface area contributed by atoms with Crippen molar-refractivity contribution in [1.29, 1.82) is 5.41 Å². The lowest BCUT2D eigenvalue weighted by atomic mass is 9.99. The first kappa shape index (κ1) is 23.1. The first-order chi connectivity index (χ1) is 14.0. The average molecular weight is 450 g/mol. The number of hydrogen-bond donors (Lipinski definition) is 3. The number of hydrogen-bond acceptors (Lipinski definition) is 6. The highest BCUT2D eigenvalue weighted by atomic mass is 35.5. The molecular formula is C17H16ClF4N5O3. The number of halogens is 5. The normalized spacial score (nSPS) is 12.2. The van der Waals surface area contributed by atoms with Gasteiger partial charge in [-0.05, 0) is 12.1 Å². The summed E-state index contributed by atoms with van der Waals surface area (Å²) in [6, 6.07) is 2.15. The number of nitrogens with zero attached hydrogens (tertiary/aromatic N) is 2. The number of rotatable bonds is 8. The summed E-state index contributed by atoms with van der Waals surface area (Å²) in [6.07, 6.45) is 1.06. The Morgan fingerprint density at radius 3 is 2.73 bits per heavy atom. The van der Waals surface area contributed by atoms with E-state index in [-0.39, 0.29) is 22.3 Å². The lowest BCUT2D eigenvalue weighted by Gasteiger charge is -2.23. The summed E-state index contributed by atoms with van der Waals surface area (Å²) >= 11 is 5.91. The summed E-state index contributed by atoms with van der Waals surface area (Å²) in [5, 5.41) is 8.95. The zero-order valence-corrected chi connectivity index (χ0v) is 16.1. The number of carbonyl (C=O) groups is 1. The summed E-state index contributed by atoms with van der Waals surface area (Å²) in [6.45, 7) is -1.37. The van der Waals surface area contributed by atoms with E-state index in [1.54, 1.807) is 0 Å². The number of pyridine rings is 2. The zero-order chi connectivity index (χ0) is 22.5. The number of nitrogens with one attached hydrogen (secondary N) is 2. The molecule has 162 valence electrons. The van der Waals surface area contributed by atoms with E-state index in [1.165, 1.54) is 0 Å². The molecule has 0 aliphatic heterocycles. The van der Waals surface area contributed by atoms with Crippen LogP contribution in [0.3, 0.4) is 0 Å². The van der Waals surface area contributed by atoms with Crippen LogP contribution in [-0.4, -0.2) is 41.3 Å². The van der Waals surface area contributed by atoms with Crippen molar-refractivity contribution in [2.45, 2.75) is 18.8 Å². The first-order valence-corrected chi connectivity index (χ1v) is 8.59. The molecule has 0 aromatic carbocycles. The second-order valence-corrected chi connectivity index (χ2v) is 6.32. The Balaban J connectivity index is 2.22. The van der Waals surface area contributed by atoms with Gasteiger partial charge in [0.2, 0.25) is 6.86 Å². The van der Waals surface area contributed by atoms with Gasteiger partial charge in [0.25, 0.3) is 17.9 Å². The third-order valence-corrected chi connectivity index (χ3v) is 4.12. The quantitative estimate of drug-likeness (QED) is 0.322. The summed E-state index contributed by atoms with van der Waals surface area (Å²) in [5.41, 5.74) is 3.97. The van der Waals surface area contributed by atoms with Gasteiger partial charge in [-0.15, -0.1) is 0 Å². The number of anilines is 1. The minimum atomic E-state index is -3.61. The van der Waals surface area contributed by atoms with E-state index in [0.717, 1.165) is 31.3 Å². The smallest absolute Gasteiger partial charge is 0.289 e. The standard InChI is InChI=1S/C17H16ClF4N5O3/c1-8(17(21,22)6-29-16(23)24)13-11(20)2-3-12(26-13)27-15(28)14-10(18)4-9(5-25-14)30-7-19/h2-5,8H,6-7H2,1H3,(H3,23,24)(H,26,27,28)/t8-/m0/s1. The number of aromatic nitrogens is 2. The lowest BCUT2D eigenvalue weighted by Crippen LogP contribution is -2.34. The van der Waals surface area contributed by atoms with Gasteiger partial charge in [0.05, 0.1) is 22.8 Å². The first-order valence-electron chi connectivity index (χ1n) is 8.22. The number of carbonyl (C=O) groups excluding carboxylic acids is 1. The van der Waals surface area contributed by atoms with E-state index in [1.807, 2.05) is 0 Å². The SMILES string of the molecule is C[C@@H](c1nc(NC(=O)c2ncc(OCF)cc2Cl)ccc1F)C(F)(F)COC(=N)N. The number of ether oxygens (including phenoxy) is 2. The van der Waals surface area contributed by atoms with Gasteiger partial charge in [-0.3, -0.25) is 10.2 Å². The molecule has 1 amide bonds. The van der Waals surface area contributed by atoms with Crippen molar-refractivity contribution in [1.82, 2.24) is 9.97 Å². The molecule has 8 nitrogen and oxygen atoms in total. The predicted molar refractivity (Wildman–Crippen MR) is 99.2 cm³/mol.